The van der Waals surface area contributed by atoms with Crippen LogP contribution in [0, 0.1) is 0 Å². The number of nitrogens with two attached hydrogens (primary N) is 1. The topological polar surface area (TPSA) is 81.1 Å². The van der Waals surface area contributed by atoms with Crippen LogP contribution in [0.1, 0.15) is 10.5 Å². The van der Waals surface area contributed by atoms with Crippen molar-refractivity contribution >= 4 is 23.4 Å². The Morgan fingerprint density at radius 2 is 2.25 bits per heavy atom. The molecule has 1 aromatic rings. The molecular formula is C7H8F3N3O2S. The number of aryl methyl sites for hydroxylation is 1. The first-order chi connectivity index (χ1) is 7.29. The molecule has 0 fully saturated rings. The summed E-state index contributed by atoms with van der Waals surface area (Å²) in [5.74, 6) is -1.55. The maximum absolute atomic E-state index is 11.8. The van der Waals surface area contributed by atoms with Crippen LogP contribution >= 0.6 is 11.8 Å². The van der Waals surface area contributed by atoms with Crippen molar-refractivity contribution < 1.29 is 23.1 Å². The lowest BCUT2D eigenvalue weighted by molar-refractivity contribution is -0.0328. The van der Waals surface area contributed by atoms with Gasteiger partial charge < -0.3 is 10.8 Å². The molecule has 5 nitrogen and oxygen atoms in total. The highest BCUT2D eigenvalue weighted by molar-refractivity contribution is 8.00. The van der Waals surface area contributed by atoms with E-state index in [-0.39, 0.29) is 35.4 Å². The van der Waals surface area contributed by atoms with Gasteiger partial charge in [-0.25, -0.2) is 4.79 Å². The molecule has 9 heteroatoms. The van der Waals surface area contributed by atoms with Gasteiger partial charge in [0.05, 0.1) is 12.2 Å². The molecule has 0 atom stereocenters. The quantitative estimate of drug-likeness (QED) is 0.850. The predicted octanol–water partition coefficient (Wildman–Crippen LogP) is 1.42. The van der Waals surface area contributed by atoms with Crippen LogP contribution < -0.4 is 5.73 Å². The second-order valence-corrected chi connectivity index (χ2v) is 3.96. The number of anilines is 1. The standard InChI is InChI=1S/C7H8F3N3O2S/c8-7(9,10)16-2-1-13-3-4(11)5(12-13)6(14)15/h3H,1-2,11H2,(H,14,15). The molecule has 0 unspecified atom stereocenters. The molecule has 0 bridgehead atoms. The number of rotatable bonds is 4. The second-order valence-electron chi connectivity index (χ2n) is 2.80. The second kappa shape index (κ2) is 4.64. The van der Waals surface area contributed by atoms with Crippen LogP contribution in [-0.4, -0.2) is 32.1 Å². The van der Waals surface area contributed by atoms with Crippen molar-refractivity contribution in [3.8, 4) is 0 Å². The SMILES string of the molecule is Nc1cn(CCSC(F)(F)F)nc1C(=O)O. The minimum Gasteiger partial charge on any atom is -0.476 e. The van der Waals surface area contributed by atoms with Crippen molar-refractivity contribution in [2.24, 2.45) is 0 Å². The van der Waals surface area contributed by atoms with E-state index in [1.54, 1.807) is 0 Å². The average molecular weight is 255 g/mol. The van der Waals surface area contributed by atoms with Crippen LogP contribution in [-0.2, 0) is 6.54 Å². The van der Waals surface area contributed by atoms with E-state index in [1.165, 1.54) is 6.20 Å². The van der Waals surface area contributed by atoms with Crippen LogP contribution in [0.4, 0.5) is 18.9 Å². The number of hydrogen-bond donors (Lipinski definition) is 2. The number of carboxylic acids is 1. The molecule has 90 valence electrons. The molecule has 1 rings (SSSR count). The summed E-state index contributed by atoms with van der Waals surface area (Å²) < 4.78 is 36.4. The zero-order chi connectivity index (χ0) is 12.3. The largest absolute Gasteiger partial charge is 0.476 e. The molecule has 0 aliphatic carbocycles. The molecule has 16 heavy (non-hydrogen) atoms. The van der Waals surface area contributed by atoms with E-state index in [9.17, 15) is 18.0 Å². The number of nitrogen functional groups attached to an aromatic ring is 1. The van der Waals surface area contributed by atoms with Gasteiger partial charge in [-0.1, -0.05) is 0 Å². The molecule has 1 aromatic heterocycles. The summed E-state index contributed by atoms with van der Waals surface area (Å²) in [5.41, 5.74) is 0.594. The van der Waals surface area contributed by atoms with Crippen molar-refractivity contribution in [1.29, 1.82) is 0 Å². The van der Waals surface area contributed by atoms with Gasteiger partial charge in [0.15, 0.2) is 5.69 Å². The van der Waals surface area contributed by atoms with Crippen molar-refractivity contribution in [3.63, 3.8) is 0 Å². The number of carboxylic acid groups (broad SMARTS) is 1. The number of hydrogen-bond acceptors (Lipinski definition) is 4. The summed E-state index contributed by atoms with van der Waals surface area (Å²) in [4.78, 5) is 10.5. The van der Waals surface area contributed by atoms with Gasteiger partial charge in [0, 0.05) is 11.9 Å². The van der Waals surface area contributed by atoms with Gasteiger partial charge in [-0.15, -0.1) is 0 Å². The smallest absolute Gasteiger partial charge is 0.441 e. The first-order valence-electron chi connectivity index (χ1n) is 4.06. The molecule has 0 radical (unpaired) electrons. The maximum Gasteiger partial charge on any atom is 0.441 e. The zero-order valence-corrected chi connectivity index (χ0v) is 8.68. The molecule has 0 spiro atoms. The number of aromatic carboxylic acids is 1. The van der Waals surface area contributed by atoms with E-state index in [1.807, 2.05) is 0 Å². The van der Waals surface area contributed by atoms with Crippen LogP contribution in [0.3, 0.4) is 0 Å². The van der Waals surface area contributed by atoms with Crippen LogP contribution in [0.2, 0.25) is 0 Å². The summed E-state index contributed by atoms with van der Waals surface area (Å²) in [6, 6.07) is 0. The summed E-state index contributed by atoms with van der Waals surface area (Å²) in [6.45, 7) is -0.0539. The fraction of sp³-hybridized carbons (Fsp3) is 0.429. The van der Waals surface area contributed by atoms with Crippen LogP contribution in [0.5, 0.6) is 0 Å². The normalized spacial score (nSPS) is 11.7. The molecule has 1 heterocycles. The third-order valence-electron chi connectivity index (χ3n) is 1.58. The molecule has 0 saturated carbocycles. The molecule has 0 saturated heterocycles. The highest BCUT2D eigenvalue weighted by Gasteiger charge is 2.27. The van der Waals surface area contributed by atoms with Gasteiger partial charge in [-0.3, -0.25) is 4.68 Å². The summed E-state index contributed by atoms with van der Waals surface area (Å²) in [7, 11) is 0. The van der Waals surface area contributed by atoms with E-state index >= 15 is 0 Å². The lowest BCUT2D eigenvalue weighted by Crippen LogP contribution is -2.08. The van der Waals surface area contributed by atoms with Gasteiger partial charge in [0.2, 0.25) is 0 Å². The number of thioether (sulfide) groups is 1. The predicted molar refractivity (Wildman–Crippen MR) is 52.1 cm³/mol. The van der Waals surface area contributed by atoms with Gasteiger partial charge in [0.1, 0.15) is 0 Å². The first kappa shape index (κ1) is 12.7. The van der Waals surface area contributed by atoms with Gasteiger partial charge in [0.25, 0.3) is 0 Å². The van der Waals surface area contributed by atoms with Gasteiger partial charge in [-0.05, 0) is 11.8 Å². The first-order valence-corrected chi connectivity index (χ1v) is 5.05. The maximum atomic E-state index is 11.8. The fourth-order valence-electron chi connectivity index (χ4n) is 0.972. The number of alkyl halides is 3. The van der Waals surface area contributed by atoms with E-state index in [2.05, 4.69) is 5.10 Å². The van der Waals surface area contributed by atoms with Crippen LogP contribution in [0.25, 0.3) is 0 Å². The van der Waals surface area contributed by atoms with Crippen molar-refractivity contribution in [2.75, 3.05) is 11.5 Å². The number of halogens is 3. The fourth-order valence-corrected chi connectivity index (χ4v) is 1.48. The van der Waals surface area contributed by atoms with Crippen LogP contribution in [0.15, 0.2) is 6.20 Å². The Morgan fingerprint density at radius 1 is 1.62 bits per heavy atom. The minimum absolute atomic E-state index is 0.0539. The number of nitrogens with zero attached hydrogens (tertiary/aromatic N) is 2. The minimum atomic E-state index is -4.30. The monoisotopic (exact) mass is 255 g/mol. The Kier molecular flexibility index (Phi) is 3.68. The zero-order valence-electron chi connectivity index (χ0n) is 7.86. The third-order valence-corrected chi connectivity index (χ3v) is 2.29. The average Bonchev–Trinajstić information content (AvgIpc) is 2.44. The molecule has 0 aliphatic heterocycles. The Balaban J connectivity index is 2.56. The van der Waals surface area contributed by atoms with Crippen molar-refractivity contribution in [1.82, 2.24) is 9.78 Å². The number of aromatic nitrogens is 2. The van der Waals surface area contributed by atoms with E-state index in [4.69, 9.17) is 10.8 Å². The molecular weight excluding hydrogens is 247 g/mol. The molecule has 0 aliphatic rings. The van der Waals surface area contributed by atoms with Gasteiger partial charge in [-0.2, -0.15) is 18.3 Å². The Hall–Kier alpha value is -1.38. The summed E-state index contributed by atoms with van der Waals surface area (Å²) >= 11 is -0.197. The summed E-state index contributed by atoms with van der Waals surface area (Å²) in [6.07, 6.45) is 1.19. The Morgan fingerprint density at radius 3 is 2.69 bits per heavy atom. The van der Waals surface area contributed by atoms with E-state index in [0.717, 1.165) is 4.68 Å². The van der Waals surface area contributed by atoms with Crippen molar-refractivity contribution in [2.45, 2.75) is 12.1 Å². The Bertz CT molecular complexity index is 391. The van der Waals surface area contributed by atoms with E-state index < -0.39 is 11.5 Å². The lowest BCUT2D eigenvalue weighted by atomic mass is 10.4. The molecule has 0 aromatic carbocycles. The highest BCUT2D eigenvalue weighted by Crippen LogP contribution is 2.30. The Labute approximate surface area is 92.4 Å². The third kappa shape index (κ3) is 3.65. The summed E-state index contributed by atoms with van der Waals surface area (Å²) in [5, 5.41) is 12.1. The molecule has 3 N–H and O–H groups in total. The molecule has 0 amide bonds. The van der Waals surface area contributed by atoms with Gasteiger partial charge >= 0.3 is 11.5 Å². The number of carbonyl (C=O) groups is 1. The van der Waals surface area contributed by atoms with E-state index in [0.29, 0.717) is 0 Å². The lowest BCUT2D eigenvalue weighted by Gasteiger charge is -2.04. The highest BCUT2D eigenvalue weighted by atomic mass is 32.2. The van der Waals surface area contributed by atoms with Crippen molar-refractivity contribution in [3.05, 3.63) is 11.9 Å².